The molecule has 0 bridgehead atoms. The quantitative estimate of drug-likeness (QED) is 0.769. The van der Waals surface area contributed by atoms with Crippen LogP contribution in [-0.4, -0.2) is 20.9 Å². The molecule has 0 fully saturated rings. The molecule has 1 aromatic carbocycles. The van der Waals surface area contributed by atoms with Crippen LogP contribution in [0.4, 0.5) is 5.69 Å². The lowest BCUT2D eigenvalue weighted by atomic mass is 10.3. The zero-order valence-electron chi connectivity index (χ0n) is 11.0. The van der Waals surface area contributed by atoms with E-state index in [0.29, 0.717) is 32.1 Å². The first kappa shape index (κ1) is 14.9. The van der Waals surface area contributed by atoms with Crippen molar-refractivity contribution in [1.82, 2.24) is 15.0 Å². The molecule has 2 aromatic heterocycles. The predicted octanol–water partition coefficient (Wildman–Crippen LogP) is 4.16. The zero-order chi connectivity index (χ0) is 15.5. The van der Waals surface area contributed by atoms with Crippen LogP contribution >= 0.6 is 34.5 Å². The predicted molar refractivity (Wildman–Crippen MR) is 87.6 cm³/mol. The van der Waals surface area contributed by atoms with Crippen LogP contribution in [0.3, 0.4) is 0 Å². The molecule has 22 heavy (non-hydrogen) atoms. The number of nitrogens with zero attached hydrogens (tertiary/aromatic N) is 3. The largest absolute Gasteiger partial charge is 0.321 e. The Morgan fingerprint density at radius 3 is 2.59 bits per heavy atom. The second kappa shape index (κ2) is 6.39. The molecule has 2 heterocycles. The maximum absolute atomic E-state index is 12.2. The molecule has 1 amide bonds. The summed E-state index contributed by atoms with van der Waals surface area (Å²) in [6.45, 7) is 0. The number of nitrogens with one attached hydrogen (secondary N) is 1. The van der Waals surface area contributed by atoms with Crippen molar-refractivity contribution in [2.45, 2.75) is 0 Å². The molecule has 0 aliphatic heterocycles. The van der Waals surface area contributed by atoms with E-state index in [2.05, 4.69) is 20.3 Å². The Balaban J connectivity index is 1.80. The van der Waals surface area contributed by atoms with E-state index < -0.39 is 0 Å². The molecule has 1 N–H and O–H groups in total. The number of hydrogen-bond acceptors (Lipinski definition) is 5. The van der Waals surface area contributed by atoms with Crippen molar-refractivity contribution < 1.29 is 4.79 Å². The fraction of sp³-hybridized carbons (Fsp3) is 0. The van der Waals surface area contributed by atoms with Crippen LogP contribution in [0, 0.1) is 0 Å². The Labute approximate surface area is 140 Å². The summed E-state index contributed by atoms with van der Waals surface area (Å²) in [5.41, 5.74) is 1.43. The van der Waals surface area contributed by atoms with Gasteiger partial charge in [0, 0.05) is 33.5 Å². The second-order valence-electron chi connectivity index (χ2n) is 4.24. The van der Waals surface area contributed by atoms with Gasteiger partial charge < -0.3 is 5.32 Å². The molecule has 0 atom stereocenters. The number of benzene rings is 1. The van der Waals surface area contributed by atoms with Crippen molar-refractivity contribution in [3.63, 3.8) is 0 Å². The van der Waals surface area contributed by atoms with E-state index in [0.717, 1.165) is 0 Å². The third kappa shape index (κ3) is 3.41. The van der Waals surface area contributed by atoms with Crippen LogP contribution < -0.4 is 5.32 Å². The van der Waals surface area contributed by atoms with Gasteiger partial charge in [-0.1, -0.05) is 23.2 Å². The van der Waals surface area contributed by atoms with Crippen LogP contribution in [0.15, 0.2) is 42.2 Å². The smallest absolute Gasteiger partial charge is 0.275 e. The lowest BCUT2D eigenvalue weighted by molar-refractivity contribution is 0.102. The first-order chi connectivity index (χ1) is 10.6. The molecule has 5 nitrogen and oxygen atoms in total. The molecule has 0 saturated carbocycles. The number of hydrogen-bond donors (Lipinski definition) is 1. The van der Waals surface area contributed by atoms with Crippen LogP contribution in [0.1, 0.15) is 10.5 Å². The van der Waals surface area contributed by atoms with E-state index in [-0.39, 0.29) is 5.91 Å². The molecule has 0 unspecified atom stereocenters. The van der Waals surface area contributed by atoms with Gasteiger partial charge in [0.05, 0.1) is 6.20 Å². The summed E-state index contributed by atoms with van der Waals surface area (Å²) in [4.78, 5) is 24.6. The molecule has 3 aromatic rings. The Kier molecular flexibility index (Phi) is 4.33. The van der Waals surface area contributed by atoms with Crippen molar-refractivity contribution in [2.75, 3.05) is 5.32 Å². The molecule has 0 radical (unpaired) electrons. The van der Waals surface area contributed by atoms with E-state index in [1.165, 1.54) is 11.3 Å². The molecule has 0 aliphatic carbocycles. The van der Waals surface area contributed by atoms with Gasteiger partial charge in [-0.2, -0.15) is 0 Å². The van der Waals surface area contributed by atoms with Gasteiger partial charge in [-0.25, -0.2) is 4.98 Å². The van der Waals surface area contributed by atoms with Gasteiger partial charge in [-0.15, -0.1) is 11.3 Å². The molecule has 0 aliphatic rings. The third-order valence-corrected chi connectivity index (χ3v) is 3.94. The number of halogens is 2. The number of aromatic nitrogens is 3. The van der Waals surface area contributed by atoms with Crippen molar-refractivity contribution in [3.05, 3.63) is 57.9 Å². The number of amides is 1. The van der Waals surface area contributed by atoms with E-state index in [9.17, 15) is 4.79 Å². The van der Waals surface area contributed by atoms with Crippen molar-refractivity contribution in [2.24, 2.45) is 0 Å². The van der Waals surface area contributed by atoms with Gasteiger partial charge in [0.15, 0.2) is 0 Å². The number of rotatable bonds is 3. The van der Waals surface area contributed by atoms with Gasteiger partial charge in [-0.3, -0.25) is 14.8 Å². The van der Waals surface area contributed by atoms with Gasteiger partial charge in [0.25, 0.3) is 5.91 Å². The van der Waals surface area contributed by atoms with Crippen LogP contribution in [-0.2, 0) is 0 Å². The topological polar surface area (TPSA) is 67.8 Å². The summed E-state index contributed by atoms with van der Waals surface area (Å²) >= 11 is 13.1. The minimum atomic E-state index is -0.343. The summed E-state index contributed by atoms with van der Waals surface area (Å²) in [7, 11) is 0. The summed E-state index contributed by atoms with van der Waals surface area (Å²) < 4.78 is 0. The molecule has 8 heteroatoms. The molecule has 0 saturated heterocycles. The molecular weight excluding hydrogens is 343 g/mol. The Bertz CT molecular complexity index is 802. The van der Waals surface area contributed by atoms with E-state index in [4.69, 9.17) is 23.2 Å². The van der Waals surface area contributed by atoms with Crippen molar-refractivity contribution in [1.29, 1.82) is 0 Å². The van der Waals surface area contributed by atoms with Crippen LogP contribution in [0.2, 0.25) is 10.0 Å². The van der Waals surface area contributed by atoms with Crippen LogP contribution in [0.5, 0.6) is 0 Å². The highest BCUT2D eigenvalue weighted by atomic mass is 35.5. The fourth-order valence-corrected chi connectivity index (χ4v) is 3.01. The standard InChI is InChI=1S/C14H8Cl2N4OS/c15-8-3-9(16)5-10(4-8)19-13(21)12-7-22-14(20-12)11-6-17-1-2-18-11/h1-7H,(H,19,21). The summed E-state index contributed by atoms with van der Waals surface area (Å²) in [6.07, 6.45) is 4.75. The number of carbonyl (C=O) groups excluding carboxylic acids is 1. The van der Waals surface area contributed by atoms with Crippen LogP contribution in [0.25, 0.3) is 10.7 Å². The summed E-state index contributed by atoms with van der Waals surface area (Å²) in [5, 5.41) is 5.88. The summed E-state index contributed by atoms with van der Waals surface area (Å²) in [6, 6.07) is 4.82. The molecular formula is C14H8Cl2N4OS. The highest BCUT2D eigenvalue weighted by Crippen LogP contribution is 2.24. The van der Waals surface area contributed by atoms with Gasteiger partial charge in [0.1, 0.15) is 16.4 Å². The SMILES string of the molecule is O=C(Nc1cc(Cl)cc(Cl)c1)c1csc(-c2cnccn2)n1. The van der Waals surface area contributed by atoms with Crippen molar-refractivity contribution >= 4 is 46.1 Å². The minimum Gasteiger partial charge on any atom is -0.321 e. The number of thiazole rings is 1. The summed E-state index contributed by atoms with van der Waals surface area (Å²) in [5.74, 6) is -0.343. The lowest BCUT2D eigenvalue weighted by Crippen LogP contribution is -2.12. The van der Waals surface area contributed by atoms with Gasteiger partial charge >= 0.3 is 0 Å². The Morgan fingerprint density at radius 2 is 1.91 bits per heavy atom. The number of anilines is 1. The number of carbonyl (C=O) groups is 1. The second-order valence-corrected chi connectivity index (χ2v) is 5.97. The highest BCUT2D eigenvalue weighted by molar-refractivity contribution is 7.13. The molecule has 3 rings (SSSR count). The van der Waals surface area contributed by atoms with E-state index in [1.54, 1.807) is 42.2 Å². The fourth-order valence-electron chi connectivity index (χ4n) is 1.73. The molecule has 110 valence electrons. The van der Waals surface area contributed by atoms with E-state index in [1.807, 2.05) is 0 Å². The maximum Gasteiger partial charge on any atom is 0.275 e. The average Bonchev–Trinajstić information content (AvgIpc) is 2.97. The zero-order valence-corrected chi connectivity index (χ0v) is 13.3. The Morgan fingerprint density at radius 1 is 1.14 bits per heavy atom. The first-order valence-electron chi connectivity index (χ1n) is 6.11. The van der Waals surface area contributed by atoms with Crippen molar-refractivity contribution in [3.8, 4) is 10.7 Å². The monoisotopic (exact) mass is 350 g/mol. The third-order valence-electron chi connectivity index (χ3n) is 2.64. The van der Waals surface area contributed by atoms with Gasteiger partial charge in [-0.05, 0) is 18.2 Å². The molecule has 0 spiro atoms. The normalized spacial score (nSPS) is 10.5. The Hall–Kier alpha value is -2.02. The minimum absolute atomic E-state index is 0.293. The highest BCUT2D eigenvalue weighted by Gasteiger charge is 2.13. The average molecular weight is 351 g/mol. The first-order valence-corrected chi connectivity index (χ1v) is 7.75. The van der Waals surface area contributed by atoms with Gasteiger partial charge in [0.2, 0.25) is 0 Å². The maximum atomic E-state index is 12.2. The lowest BCUT2D eigenvalue weighted by Gasteiger charge is -2.04. The van der Waals surface area contributed by atoms with E-state index >= 15 is 0 Å².